The number of unbranched alkanes of at least 4 members (excludes halogenated alkanes) is 1. The number of carbonyl (C=O) groups is 1. The quantitative estimate of drug-likeness (QED) is 0.700. The lowest BCUT2D eigenvalue weighted by molar-refractivity contribution is -0.135. The summed E-state index contributed by atoms with van der Waals surface area (Å²) >= 11 is 0. The van der Waals surface area contributed by atoms with Crippen LogP contribution >= 0.6 is 0 Å². The molecule has 1 saturated heterocycles. The molecule has 0 bridgehead atoms. The molecule has 2 nitrogen and oxygen atoms in total. The van der Waals surface area contributed by atoms with E-state index in [1.807, 2.05) is 0 Å². The van der Waals surface area contributed by atoms with Crippen molar-refractivity contribution in [1.82, 2.24) is 4.90 Å². The Morgan fingerprint density at radius 2 is 1.75 bits per heavy atom. The van der Waals surface area contributed by atoms with Crippen molar-refractivity contribution in [3.8, 4) is 0 Å². The molecule has 1 heterocycles. The van der Waals surface area contributed by atoms with Gasteiger partial charge in [0.25, 0.3) is 0 Å². The molecule has 0 aliphatic carbocycles. The number of amides is 1. The van der Waals surface area contributed by atoms with E-state index in [0.717, 1.165) is 25.9 Å². The van der Waals surface area contributed by atoms with Crippen molar-refractivity contribution in [2.24, 2.45) is 5.92 Å². The fraction of sp³-hybridized carbons (Fsp3) is 0.929. The molecule has 0 aromatic rings. The van der Waals surface area contributed by atoms with Crippen LogP contribution in [0.25, 0.3) is 0 Å². The van der Waals surface area contributed by atoms with Crippen molar-refractivity contribution < 1.29 is 4.79 Å². The summed E-state index contributed by atoms with van der Waals surface area (Å²) in [5.41, 5.74) is 0. The van der Waals surface area contributed by atoms with Gasteiger partial charge < -0.3 is 4.90 Å². The number of nitrogens with zero attached hydrogens (tertiary/aromatic N) is 1. The summed E-state index contributed by atoms with van der Waals surface area (Å²) in [5, 5.41) is 0. The van der Waals surface area contributed by atoms with E-state index in [-0.39, 0.29) is 5.92 Å². The van der Waals surface area contributed by atoms with E-state index >= 15 is 0 Å². The second-order valence-electron chi connectivity index (χ2n) is 4.99. The molecule has 16 heavy (non-hydrogen) atoms. The summed E-state index contributed by atoms with van der Waals surface area (Å²) in [4.78, 5) is 14.4. The molecule has 94 valence electrons. The SMILES string of the molecule is CCCC[C@@H](CC)C(=O)N1CCCCCC1. The zero-order valence-corrected chi connectivity index (χ0v) is 11.0. The van der Waals surface area contributed by atoms with Gasteiger partial charge in [-0.1, -0.05) is 39.5 Å². The summed E-state index contributed by atoms with van der Waals surface area (Å²) in [6.45, 7) is 6.35. The summed E-state index contributed by atoms with van der Waals surface area (Å²) in [6.07, 6.45) is 9.50. The van der Waals surface area contributed by atoms with E-state index in [4.69, 9.17) is 0 Å². The molecule has 0 N–H and O–H groups in total. The number of hydrogen-bond acceptors (Lipinski definition) is 1. The molecule has 0 aromatic heterocycles. The van der Waals surface area contributed by atoms with Gasteiger partial charge in [0.2, 0.25) is 5.91 Å². The molecule has 0 unspecified atom stereocenters. The smallest absolute Gasteiger partial charge is 0.225 e. The molecular formula is C14H27NO. The van der Waals surface area contributed by atoms with Crippen LogP contribution in [0.5, 0.6) is 0 Å². The van der Waals surface area contributed by atoms with Gasteiger partial charge in [-0.15, -0.1) is 0 Å². The van der Waals surface area contributed by atoms with Crippen LogP contribution in [0.15, 0.2) is 0 Å². The van der Waals surface area contributed by atoms with Crippen molar-refractivity contribution in [3.05, 3.63) is 0 Å². The fourth-order valence-corrected chi connectivity index (χ4v) is 2.50. The Morgan fingerprint density at radius 3 is 2.25 bits per heavy atom. The maximum Gasteiger partial charge on any atom is 0.225 e. The zero-order valence-electron chi connectivity index (χ0n) is 11.0. The van der Waals surface area contributed by atoms with Crippen molar-refractivity contribution in [3.63, 3.8) is 0 Å². The Kier molecular flexibility index (Phi) is 6.51. The highest BCUT2D eigenvalue weighted by atomic mass is 16.2. The highest BCUT2D eigenvalue weighted by molar-refractivity contribution is 5.78. The van der Waals surface area contributed by atoms with Gasteiger partial charge in [0.05, 0.1) is 0 Å². The second kappa shape index (κ2) is 7.70. The van der Waals surface area contributed by atoms with Crippen LogP contribution in [0, 0.1) is 5.92 Å². The summed E-state index contributed by atoms with van der Waals surface area (Å²) in [6, 6.07) is 0. The minimum Gasteiger partial charge on any atom is -0.342 e. The Balaban J connectivity index is 2.44. The number of hydrogen-bond donors (Lipinski definition) is 0. The lowest BCUT2D eigenvalue weighted by atomic mass is 9.97. The fourth-order valence-electron chi connectivity index (χ4n) is 2.50. The molecule has 1 amide bonds. The third-order valence-electron chi connectivity index (χ3n) is 3.67. The Hall–Kier alpha value is -0.530. The molecule has 0 radical (unpaired) electrons. The second-order valence-corrected chi connectivity index (χ2v) is 4.99. The van der Waals surface area contributed by atoms with Crippen molar-refractivity contribution in [2.75, 3.05) is 13.1 Å². The van der Waals surface area contributed by atoms with E-state index in [1.54, 1.807) is 0 Å². The topological polar surface area (TPSA) is 20.3 Å². The molecule has 0 aromatic carbocycles. The molecule has 2 heteroatoms. The van der Waals surface area contributed by atoms with Gasteiger partial charge in [-0.25, -0.2) is 0 Å². The summed E-state index contributed by atoms with van der Waals surface area (Å²) in [7, 11) is 0. The van der Waals surface area contributed by atoms with Gasteiger partial charge in [-0.05, 0) is 25.7 Å². The van der Waals surface area contributed by atoms with Crippen molar-refractivity contribution >= 4 is 5.91 Å². The predicted molar refractivity (Wildman–Crippen MR) is 68.4 cm³/mol. The molecule has 0 spiro atoms. The van der Waals surface area contributed by atoms with Crippen molar-refractivity contribution in [2.45, 2.75) is 65.2 Å². The minimum atomic E-state index is 0.290. The molecule has 1 aliphatic rings. The number of likely N-dealkylation sites (tertiary alicyclic amines) is 1. The van der Waals surface area contributed by atoms with Gasteiger partial charge in [0, 0.05) is 19.0 Å². The van der Waals surface area contributed by atoms with Gasteiger partial charge >= 0.3 is 0 Å². The third kappa shape index (κ3) is 4.15. The van der Waals surface area contributed by atoms with E-state index in [9.17, 15) is 4.79 Å². The number of rotatable bonds is 5. The Labute approximate surface area is 100 Å². The predicted octanol–water partition coefficient (Wildman–Crippen LogP) is 3.61. The molecular weight excluding hydrogens is 198 g/mol. The van der Waals surface area contributed by atoms with E-state index in [0.29, 0.717) is 5.91 Å². The highest BCUT2D eigenvalue weighted by Gasteiger charge is 2.22. The first-order valence-corrected chi connectivity index (χ1v) is 7.08. The summed E-state index contributed by atoms with van der Waals surface area (Å²) < 4.78 is 0. The van der Waals surface area contributed by atoms with E-state index in [1.165, 1.54) is 38.5 Å². The minimum absolute atomic E-state index is 0.290. The lowest BCUT2D eigenvalue weighted by Gasteiger charge is -2.25. The van der Waals surface area contributed by atoms with Crippen LogP contribution in [0.1, 0.15) is 65.2 Å². The largest absolute Gasteiger partial charge is 0.342 e. The average Bonchev–Trinajstić information content (AvgIpc) is 2.58. The van der Waals surface area contributed by atoms with Crippen LogP contribution in [0.2, 0.25) is 0 Å². The van der Waals surface area contributed by atoms with Gasteiger partial charge in [0.1, 0.15) is 0 Å². The van der Waals surface area contributed by atoms with Gasteiger partial charge in [-0.2, -0.15) is 0 Å². The maximum atomic E-state index is 12.3. The molecule has 1 aliphatic heterocycles. The van der Waals surface area contributed by atoms with Crippen LogP contribution in [-0.2, 0) is 4.79 Å². The van der Waals surface area contributed by atoms with Crippen LogP contribution in [0.4, 0.5) is 0 Å². The first kappa shape index (κ1) is 13.5. The molecule has 1 atom stereocenters. The standard InChI is InChI=1S/C14H27NO/c1-3-5-10-13(4-2)14(16)15-11-8-6-7-9-12-15/h13H,3-12H2,1-2H3/t13-/m1/s1. The monoisotopic (exact) mass is 225 g/mol. The van der Waals surface area contributed by atoms with Crippen LogP contribution < -0.4 is 0 Å². The van der Waals surface area contributed by atoms with Gasteiger partial charge in [-0.3, -0.25) is 4.79 Å². The highest BCUT2D eigenvalue weighted by Crippen LogP contribution is 2.18. The van der Waals surface area contributed by atoms with E-state index in [2.05, 4.69) is 18.7 Å². The first-order chi connectivity index (χ1) is 7.79. The average molecular weight is 225 g/mol. The van der Waals surface area contributed by atoms with Crippen LogP contribution in [0.3, 0.4) is 0 Å². The van der Waals surface area contributed by atoms with Gasteiger partial charge in [0.15, 0.2) is 0 Å². The maximum absolute atomic E-state index is 12.3. The molecule has 1 fully saturated rings. The normalized spacial score (nSPS) is 19.2. The van der Waals surface area contributed by atoms with Crippen molar-refractivity contribution in [1.29, 1.82) is 0 Å². The third-order valence-corrected chi connectivity index (χ3v) is 3.67. The molecule has 0 saturated carbocycles. The Morgan fingerprint density at radius 1 is 1.12 bits per heavy atom. The number of carbonyl (C=O) groups excluding carboxylic acids is 1. The molecule has 1 rings (SSSR count). The first-order valence-electron chi connectivity index (χ1n) is 7.08. The lowest BCUT2D eigenvalue weighted by Crippen LogP contribution is -2.36. The summed E-state index contributed by atoms with van der Waals surface area (Å²) in [5.74, 6) is 0.718. The Bertz CT molecular complexity index is 195. The zero-order chi connectivity index (χ0) is 11.8. The van der Waals surface area contributed by atoms with E-state index < -0.39 is 0 Å². The van der Waals surface area contributed by atoms with Crippen LogP contribution in [-0.4, -0.2) is 23.9 Å².